The average molecular weight is 401 g/mol. The van der Waals surface area contributed by atoms with Gasteiger partial charge in [-0.05, 0) is 38.5 Å². The Morgan fingerprint density at radius 1 is 1.21 bits per heavy atom. The van der Waals surface area contributed by atoms with E-state index in [-0.39, 0.29) is 5.91 Å². The number of anilines is 2. The van der Waals surface area contributed by atoms with Crippen molar-refractivity contribution in [2.24, 2.45) is 0 Å². The first-order valence-electron chi connectivity index (χ1n) is 8.99. The van der Waals surface area contributed by atoms with Gasteiger partial charge in [-0.25, -0.2) is 9.78 Å². The molecule has 0 bridgehead atoms. The second kappa shape index (κ2) is 8.10. The summed E-state index contributed by atoms with van der Waals surface area (Å²) >= 11 is 4.70. The molecule has 1 aromatic carbocycles. The molecule has 0 saturated carbocycles. The van der Waals surface area contributed by atoms with E-state index in [1.807, 2.05) is 30.3 Å². The number of nitrogens with zero attached hydrogens (tertiary/aromatic N) is 1. The highest BCUT2D eigenvalue weighted by Gasteiger charge is 2.37. The lowest BCUT2D eigenvalue weighted by molar-refractivity contribution is -0.117. The number of amides is 2. The van der Waals surface area contributed by atoms with Crippen LogP contribution in [0.4, 0.5) is 16.3 Å². The molecule has 0 aliphatic carbocycles. The Bertz CT molecular complexity index is 854. The molecule has 2 heterocycles. The van der Waals surface area contributed by atoms with Gasteiger partial charge in [0.25, 0.3) is 0 Å². The highest BCUT2D eigenvalue weighted by Crippen LogP contribution is 2.31. The predicted molar refractivity (Wildman–Crippen MR) is 112 cm³/mol. The van der Waals surface area contributed by atoms with Crippen LogP contribution in [0.25, 0.3) is 0 Å². The Kier molecular flexibility index (Phi) is 5.79. The molecule has 2 aromatic rings. The molecular weight excluding hydrogens is 376 g/mol. The van der Waals surface area contributed by atoms with Crippen molar-refractivity contribution in [2.45, 2.75) is 43.7 Å². The number of aromatic nitrogens is 1. The minimum atomic E-state index is -0.703. The number of carbonyl (C=O) groups is 2. The molecule has 0 spiro atoms. The summed E-state index contributed by atoms with van der Waals surface area (Å²) in [6, 6.07) is 11.6. The molecule has 1 unspecified atom stereocenters. The van der Waals surface area contributed by atoms with Gasteiger partial charge >= 0.3 is 6.09 Å². The maximum atomic E-state index is 12.7. The van der Waals surface area contributed by atoms with Gasteiger partial charge in [0.1, 0.15) is 17.5 Å². The Hall–Kier alpha value is -2.74. The van der Waals surface area contributed by atoms with Gasteiger partial charge in [-0.2, -0.15) is 12.6 Å². The second-order valence-corrected chi connectivity index (χ2v) is 8.13. The van der Waals surface area contributed by atoms with Crippen molar-refractivity contribution in [1.29, 1.82) is 0 Å². The Morgan fingerprint density at radius 3 is 2.61 bits per heavy atom. The van der Waals surface area contributed by atoms with Gasteiger partial charge in [0, 0.05) is 6.20 Å². The number of carbonyl (C=O) groups excluding carboxylic acids is 2. The van der Waals surface area contributed by atoms with Gasteiger partial charge in [0.05, 0.1) is 17.0 Å². The number of alkyl carbamates (subject to hydrolysis) is 1. The summed E-state index contributed by atoms with van der Waals surface area (Å²) in [6.45, 7) is 5.38. The zero-order valence-electron chi connectivity index (χ0n) is 16.0. The number of thiol groups is 1. The zero-order valence-corrected chi connectivity index (χ0v) is 16.9. The van der Waals surface area contributed by atoms with Crippen LogP contribution in [-0.2, 0) is 9.53 Å². The van der Waals surface area contributed by atoms with Crippen molar-refractivity contribution in [1.82, 2.24) is 10.3 Å². The molecule has 8 heteroatoms. The molecule has 3 atom stereocenters. The maximum Gasteiger partial charge on any atom is 0.408 e. The van der Waals surface area contributed by atoms with Crippen molar-refractivity contribution in [2.75, 3.05) is 10.6 Å². The second-order valence-electron chi connectivity index (χ2n) is 7.54. The summed E-state index contributed by atoms with van der Waals surface area (Å²) in [6.07, 6.45) is 1.07. The molecule has 2 amide bonds. The standard InChI is InChI=1S/C20H24N4O3S/c1-20(2,3)27-19(26)24-14(12-8-5-4-6-9-12)16(28)15-18(25)22-13-10-7-11-21-17(13)23-15/h4-11,14-16,28H,1-3H3,(H,21,23)(H,22,25)(H,24,26)/t14-,15-,16?/m0/s1. The molecule has 0 saturated heterocycles. The van der Waals surface area contributed by atoms with Crippen molar-refractivity contribution in [3.8, 4) is 0 Å². The third-order valence-corrected chi connectivity index (χ3v) is 4.75. The number of ether oxygens (including phenoxy) is 1. The fourth-order valence-corrected chi connectivity index (χ4v) is 3.39. The Labute approximate surface area is 169 Å². The van der Waals surface area contributed by atoms with Gasteiger partial charge in [-0.15, -0.1) is 0 Å². The van der Waals surface area contributed by atoms with Crippen LogP contribution in [0.15, 0.2) is 48.7 Å². The van der Waals surface area contributed by atoms with Crippen LogP contribution in [0.2, 0.25) is 0 Å². The number of rotatable bonds is 4. The molecule has 0 radical (unpaired) electrons. The van der Waals surface area contributed by atoms with E-state index in [1.54, 1.807) is 39.1 Å². The lowest BCUT2D eigenvalue weighted by Gasteiger charge is -2.34. The van der Waals surface area contributed by atoms with Gasteiger partial charge in [0.15, 0.2) is 0 Å². The third kappa shape index (κ3) is 4.75. The van der Waals surface area contributed by atoms with E-state index < -0.39 is 29.0 Å². The number of hydrogen-bond donors (Lipinski definition) is 4. The van der Waals surface area contributed by atoms with E-state index in [1.165, 1.54) is 0 Å². The monoisotopic (exact) mass is 400 g/mol. The number of pyridine rings is 1. The molecule has 28 heavy (non-hydrogen) atoms. The van der Waals surface area contributed by atoms with Crippen LogP contribution in [-0.4, -0.2) is 33.9 Å². The predicted octanol–water partition coefficient (Wildman–Crippen LogP) is 3.38. The molecule has 1 aliphatic heterocycles. The van der Waals surface area contributed by atoms with Crippen molar-refractivity contribution in [3.63, 3.8) is 0 Å². The largest absolute Gasteiger partial charge is 0.444 e. The smallest absolute Gasteiger partial charge is 0.408 e. The van der Waals surface area contributed by atoms with Crippen molar-refractivity contribution < 1.29 is 14.3 Å². The highest BCUT2D eigenvalue weighted by atomic mass is 32.1. The quantitative estimate of drug-likeness (QED) is 0.591. The SMILES string of the molecule is CC(C)(C)OC(=O)N[C@@H](c1ccccc1)C(S)[C@@H]1Nc2ncccc2NC1=O. The minimum absolute atomic E-state index is 0.243. The van der Waals surface area contributed by atoms with Crippen LogP contribution in [0.1, 0.15) is 32.4 Å². The molecule has 7 nitrogen and oxygen atoms in total. The maximum absolute atomic E-state index is 12.7. The molecule has 148 valence electrons. The molecule has 3 N–H and O–H groups in total. The fraction of sp³-hybridized carbons (Fsp3) is 0.350. The highest BCUT2D eigenvalue weighted by molar-refractivity contribution is 7.81. The van der Waals surface area contributed by atoms with E-state index in [0.717, 1.165) is 5.56 Å². The fourth-order valence-electron chi connectivity index (χ4n) is 2.94. The van der Waals surface area contributed by atoms with Gasteiger partial charge in [-0.1, -0.05) is 30.3 Å². The topological polar surface area (TPSA) is 92.3 Å². The number of benzene rings is 1. The first-order valence-corrected chi connectivity index (χ1v) is 9.51. The zero-order chi connectivity index (χ0) is 20.3. The summed E-state index contributed by atoms with van der Waals surface area (Å²) in [5, 5.41) is 8.23. The van der Waals surface area contributed by atoms with E-state index in [9.17, 15) is 9.59 Å². The van der Waals surface area contributed by atoms with Gasteiger partial charge in [0.2, 0.25) is 5.91 Å². The number of hydrogen-bond acceptors (Lipinski definition) is 6. The van der Waals surface area contributed by atoms with E-state index in [2.05, 4.69) is 20.9 Å². The molecule has 1 aliphatic rings. The van der Waals surface area contributed by atoms with E-state index in [0.29, 0.717) is 11.5 Å². The minimum Gasteiger partial charge on any atom is -0.444 e. The molecular formula is C20H24N4O3S. The van der Waals surface area contributed by atoms with Crippen LogP contribution < -0.4 is 16.0 Å². The van der Waals surface area contributed by atoms with Gasteiger partial charge < -0.3 is 20.7 Å². The molecule has 0 fully saturated rings. The number of nitrogens with one attached hydrogen (secondary N) is 3. The van der Waals surface area contributed by atoms with Crippen LogP contribution in [0, 0.1) is 0 Å². The van der Waals surface area contributed by atoms with Crippen LogP contribution >= 0.6 is 12.6 Å². The Morgan fingerprint density at radius 2 is 1.93 bits per heavy atom. The van der Waals surface area contributed by atoms with Gasteiger partial charge in [-0.3, -0.25) is 4.79 Å². The molecule has 1 aromatic heterocycles. The average Bonchev–Trinajstić information content (AvgIpc) is 2.64. The van der Waals surface area contributed by atoms with E-state index >= 15 is 0 Å². The lowest BCUT2D eigenvalue weighted by atomic mass is 9.97. The summed E-state index contributed by atoms with van der Waals surface area (Å²) in [5.74, 6) is 0.322. The number of fused-ring (bicyclic) bond motifs is 1. The van der Waals surface area contributed by atoms with Crippen molar-refractivity contribution >= 4 is 36.1 Å². The first-order chi connectivity index (χ1) is 13.2. The normalized spacial score (nSPS) is 18.1. The van der Waals surface area contributed by atoms with Crippen molar-refractivity contribution in [3.05, 3.63) is 54.2 Å². The van der Waals surface area contributed by atoms with Crippen LogP contribution in [0.5, 0.6) is 0 Å². The summed E-state index contributed by atoms with van der Waals surface area (Å²) in [7, 11) is 0. The van der Waals surface area contributed by atoms with E-state index in [4.69, 9.17) is 17.4 Å². The summed E-state index contributed by atoms with van der Waals surface area (Å²) in [5.41, 5.74) is 0.788. The Balaban J connectivity index is 1.85. The third-order valence-electron chi connectivity index (χ3n) is 4.15. The lowest BCUT2D eigenvalue weighted by Crippen LogP contribution is -2.51. The summed E-state index contributed by atoms with van der Waals surface area (Å²) < 4.78 is 5.39. The molecule has 3 rings (SSSR count). The summed E-state index contributed by atoms with van der Waals surface area (Å²) in [4.78, 5) is 29.3. The van der Waals surface area contributed by atoms with Crippen LogP contribution in [0.3, 0.4) is 0 Å². The first kappa shape index (κ1) is 20.0.